The summed E-state index contributed by atoms with van der Waals surface area (Å²) in [6.45, 7) is 0.906. The number of hydrogen-bond acceptors (Lipinski definition) is 3. The number of carbonyl (C=O) groups is 2. The van der Waals surface area contributed by atoms with E-state index in [0.717, 1.165) is 30.6 Å². The van der Waals surface area contributed by atoms with Crippen LogP contribution in [-0.4, -0.2) is 43.4 Å². The zero-order chi connectivity index (χ0) is 14.5. The molecule has 21 heavy (non-hydrogen) atoms. The molecule has 0 bridgehead atoms. The summed E-state index contributed by atoms with van der Waals surface area (Å²) in [5.74, 6) is 0.0801. The number of amides is 2. The Morgan fingerprint density at radius 3 is 2.48 bits per heavy atom. The molecule has 1 aromatic rings. The fourth-order valence-corrected chi connectivity index (χ4v) is 2.18. The fourth-order valence-electron chi connectivity index (χ4n) is 2.18. The predicted molar refractivity (Wildman–Crippen MR) is 85.7 cm³/mol. The van der Waals surface area contributed by atoms with E-state index in [1.54, 1.807) is 19.0 Å². The van der Waals surface area contributed by atoms with Crippen molar-refractivity contribution in [1.82, 2.24) is 10.2 Å². The number of rotatable bonds is 4. The first-order valence-electron chi connectivity index (χ1n) is 6.89. The largest absolute Gasteiger partial charge is 0.349 e. The van der Waals surface area contributed by atoms with Crippen molar-refractivity contribution in [3.63, 3.8) is 0 Å². The summed E-state index contributed by atoms with van der Waals surface area (Å²) in [4.78, 5) is 25.1. The van der Waals surface area contributed by atoms with Crippen LogP contribution < -0.4 is 10.6 Å². The first-order valence-corrected chi connectivity index (χ1v) is 6.89. The molecule has 0 aromatic heterocycles. The summed E-state index contributed by atoms with van der Waals surface area (Å²) in [6.07, 6.45) is 2.32. The van der Waals surface area contributed by atoms with Crippen LogP contribution in [0.15, 0.2) is 24.3 Å². The first kappa shape index (κ1) is 17.5. The van der Waals surface area contributed by atoms with E-state index in [1.165, 1.54) is 0 Å². The maximum Gasteiger partial charge on any atom is 0.241 e. The molecule has 6 heteroatoms. The van der Waals surface area contributed by atoms with Gasteiger partial charge in [0.15, 0.2) is 0 Å². The lowest BCUT2D eigenvalue weighted by Crippen LogP contribution is -2.35. The lowest BCUT2D eigenvalue weighted by Gasteiger charge is -2.12. The molecule has 2 rings (SSSR count). The molecule has 116 valence electrons. The Morgan fingerprint density at radius 1 is 1.29 bits per heavy atom. The SMILES string of the molecule is CN(C)C(=O)Cc1ccc(NC(=O)[C@@H]2CCCN2)cc1.Cl. The Hall–Kier alpha value is -1.59. The van der Waals surface area contributed by atoms with Crippen LogP contribution in [0.2, 0.25) is 0 Å². The lowest BCUT2D eigenvalue weighted by molar-refractivity contribution is -0.128. The van der Waals surface area contributed by atoms with Gasteiger partial charge in [0.25, 0.3) is 0 Å². The lowest BCUT2D eigenvalue weighted by atomic mass is 10.1. The van der Waals surface area contributed by atoms with Crippen LogP contribution in [0, 0.1) is 0 Å². The van der Waals surface area contributed by atoms with E-state index < -0.39 is 0 Å². The molecule has 2 N–H and O–H groups in total. The van der Waals surface area contributed by atoms with Gasteiger partial charge < -0.3 is 15.5 Å². The van der Waals surface area contributed by atoms with Crippen LogP contribution in [0.3, 0.4) is 0 Å². The number of benzene rings is 1. The Kier molecular flexibility index (Phi) is 6.65. The van der Waals surface area contributed by atoms with Gasteiger partial charge in [-0.25, -0.2) is 0 Å². The molecule has 0 aliphatic carbocycles. The highest BCUT2D eigenvalue weighted by atomic mass is 35.5. The van der Waals surface area contributed by atoms with Crippen LogP contribution in [0.25, 0.3) is 0 Å². The number of likely N-dealkylation sites (N-methyl/N-ethyl adjacent to an activating group) is 1. The first-order chi connectivity index (χ1) is 9.56. The highest BCUT2D eigenvalue weighted by molar-refractivity contribution is 5.95. The molecular weight excluding hydrogens is 290 g/mol. The molecule has 1 atom stereocenters. The smallest absolute Gasteiger partial charge is 0.241 e. The van der Waals surface area contributed by atoms with Crippen LogP contribution in [-0.2, 0) is 16.0 Å². The van der Waals surface area contributed by atoms with E-state index in [1.807, 2.05) is 24.3 Å². The van der Waals surface area contributed by atoms with E-state index in [4.69, 9.17) is 0 Å². The molecule has 1 fully saturated rings. The number of nitrogens with one attached hydrogen (secondary N) is 2. The number of hydrogen-bond donors (Lipinski definition) is 2. The van der Waals surface area contributed by atoms with Crippen LogP contribution in [0.1, 0.15) is 18.4 Å². The van der Waals surface area contributed by atoms with Crippen molar-refractivity contribution in [2.45, 2.75) is 25.3 Å². The average molecular weight is 312 g/mol. The normalized spacial score (nSPS) is 17.0. The average Bonchev–Trinajstić information content (AvgIpc) is 2.95. The maximum absolute atomic E-state index is 11.9. The highest BCUT2D eigenvalue weighted by Crippen LogP contribution is 2.13. The monoisotopic (exact) mass is 311 g/mol. The van der Waals surface area contributed by atoms with Crippen molar-refractivity contribution in [1.29, 1.82) is 0 Å². The summed E-state index contributed by atoms with van der Waals surface area (Å²) < 4.78 is 0. The molecule has 5 nitrogen and oxygen atoms in total. The second-order valence-corrected chi connectivity index (χ2v) is 5.30. The van der Waals surface area contributed by atoms with Crippen LogP contribution >= 0.6 is 12.4 Å². The minimum Gasteiger partial charge on any atom is -0.349 e. The van der Waals surface area contributed by atoms with Gasteiger partial charge in [-0.2, -0.15) is 0 Å². The van der Waals surface area contributed by atoms with Gasteiger partial charge in [0.2, 0.25) is 11.8 Å². The van der Waals surface area contributed by atoms with Gasteiger partial charge in [0.1, 0.15) is 0 Å². The zero-order valence-electron chi connectivity index (χ0n) is 12.4. The minimum atomic E-state index is -0.0787. The quantitative estimate of drug-likeness (QED) is 0.884. The van der Waals surface area contributed by atoms with E-state index >= 15 is 0 Å². The molecule has 0 radical (unpaired) electrons. The summed E-state index contributed by atoms with van der Waals surface area (Å²) in [5.41, 5.74) is 1.71. The van der Waals surface area contributed by atoms with Gasteiger partial charge in [-0.15, -0.1) is 12.4 Å². The second kappa shape index (κ2) is 8.00. The van der Waals surface area contributed by atoms with E-state index in [9.17, 15) is 9.59 Å². The summed E-state index contributed by atoms with van der Waals surface area (Å²) >= 11 is 0. The molecule has 1 aliphatic heterocycles. The number of nitrogens with zero attached hydrogens (tertiary/aromatic N) is 1. The third-order valence-electron chi connectivity index (χ3n) is 3.45. The van der Waals surface area contributed by atoms with Gasteiger partial charge in [-0.3, -0.25) is 9.59 Å². The van der Waals surface area contributed by atoms with Crippen molar-refractivity contribution < 1.29 is 9.59 Å². The molecule has 0 saturated carbocycles. The third kappa shape index (κ3) is 5.02. The molecule has 1 heterocycles. The highest BCUT2D eigenvalue weighted by Gasteiger charge is 2.21. The van der Waals surface area contributed by atoms with Gasteiger partial charge in [0.05, 0.1) is 12.5 Å². The minimum absolute atomic E-state index is 0. The van der Waals surface area contributed by atoms with Gasteiger partial charge in [0, 0.05) is 19.8 Å². The van der Waals surface area contributed by atoms with Crippen LogP contribution in [0.5, 0.6) is 0 Å². The van der Waals surface area contributed by atoms with E-state index in [0.29, 0.717) is 6.42 Å². The standard InChI is InChI=1S/C15H21N3O2.ClH/c1-18(2)14(19)10-11-5-7-12(8-6-11)17-15(20)13-4-3-9-16-13;/h5-8,13,16H,3-4,9-10H2,1-2H3,(H,17,20);1H/t13-;/m0./s1. The Balaban J connectivity index is 0.00000220. The maximum atomic E-state index is 11.9. The molecule has 1 saturated heterocycles. The molecule has 1 aliphatic rings. The second-order valence-electron chi connectivity index (χ2n) is 5.30. The van der Waals surface area contributed by atoms with Crippen molar-refractivity contribution in [3.8, 4) is 0 Å². The van der Waals surface area contributed by atoms with E-state index in [2.05, 4.69) is 10.6 Å². The Labute approximate surface area is 131 Å². The Bertz CT molecular complexity index is 482. The van der Waals surface area contributed by atoms with E-state index in [-0.39, 0.29) is 30.3 Å². The van der Waals surface area contributed by atoms with Gasteiger partial charge in [-0.05, 0) is 37.1 Å². The van der Waals surface area contributed by atoms with Crippen LogP contribution in [0.4, 0.5) is 5.69 Å². The van der Waals surface area contributed by atoms with Crippen molar-refractivity contribution >= 4 is 29.9 Å². The topological polar surface area (TPSA) is 61.4 Å². The van der Waals surface area contributed by atoms with Crippen molar-refractivity contribution in [2.24, 2.45) is 0 Å². The Morgan fingerprint density at radius 2 is 1.95 bits per heavy atom. The zero-order valence-corrected chi connectivity index (χ0v) is 13.2. The fraction of sp³-hybridized carbons (Fsp3) is 0.467. The predicted octanol–water partition coefficient (Wildman–Crippen LogP) is 1.43. The molecule has 1 aromatic carbocycles. The molecular formula is C15H22ClN3O2. The molecule has 0 unspecified atom stereocenters. The van der Waals surface area contributed by atoms with Crippen molar-refractivity contribution in [2.75, 3.05) is 26.0 Å². The summed E-state index contributed by atoms with van der Waals surface area (Å²) in [6, 6.07) is 7.35. The number of halogens is 1. The molecule has 0 spiro atoms. The summed E-state index contributed by atoms with van der Waals surface area (Å²) in [7, 11) is 3.48. The van der Waals surface area contributed by atoms with Crippen molar-refractivity contribution in [3.05, 3.63) is 29.8 Å². The number of anilines is 1. The van der Waals surface area contributed by atoms with Gasteiger partial charge >= 0.3 is 0 Å². The number of carbonyl (C=O) groups excluding carboxylic acids is 2. The summed E-state index contributed by atoms with van der Waals surface area (Å²) in [5, 5.41) is 6.05. The third-order valence-corrected chi connectivity index (χ3v) is 3.45. The molecule has 2 amide bonds. The van der Waals surface area contributed by atoms with Gasteiger partial charge in [-0.1, -0.05) is 12.1 Å².